The highest BCUT2D eigenvalue weighted by Gasteiger charge is 2.34. The fourth-order valence-corrected chi connectivity index (χ4v) is 5.48. The molecule has 38 heavy (non-hydrogen) atoms. The first-order chi connectivity index (χ1) is 18.1. The molecule has 0 unspecified atom stereocenters. The van der Waals surface area contributed by atoms with E-state index in [-0.39, 0.29) is 29.3 Å². The van der Waals surface area contributed by atoms with Crippen LogP contribution in [0.5, 0.6) is 5.75 Å². The van der Waals surface area contributed by atoms with Crippen LogP contribution in [0.25, 0.3) is 0 Å². The molecule has 0 bridgehead atoms. The van der Waals surface area contributed by atoms with Crippen molar-refractivity contribution in [3.63, 3.8) is 0 Å². The van der Waals surface area contributed by atoms with E-state index in [4.69, 9.17) is 4.74 Å². The molecule has 0 heterocycles. The molecule has 10 heteroatoms. The predicted octanol–water partition coefficient (Wildman–Crippen LogP) is 3.89. The van der Waals surface area contributed by atoms with Gasteiger partial charge in [0.25, 0.3) is 10.0 Å². The summed E-state index contributed by atoms with van der Waals surface area (Å²) in [6.07, 6.45) is 0.284. The van der Waals surface area contributed by atoms with Crippen LogP contribution in [0.4, 0.5) is 10.1 Å². The number of hydrogen-bond donors (Lipinski definition) is 1. The van der Waals surface area contributed by atoms with Crippen LogP contribution in [0.1, 0.15) is 24.5 Å². The number of para-hydroxylation sites is 2. The van der Waals surface area contributed by atoms with Crippen LogP contribution in [0.15, 0.2) is 77.7 Å². The van der Waals surface area contributed by atoms with Gasteiger partial charge in [-0.1, -0.05) is 48.9 Å². The molecule has 0 fully saturated rings. The number of carbonyl (C=O) groups excluding carboxylic acids is 2. The molecule has 3 rings (SSSR count). The molecule has 0 spiro atoms. The molecule has 1 atom stereocenters. The molecule has 0 saturated heterocycles. The molecular weight excluding hydrogens is 509 g/mol. The number of hydrogen-bond acceptors (Lipinski definition) is 5. The number of anilines is 1. The summed E-state index contributed by atoms with van der Waals surface area (Å²) in [4.78, 5) is 27.9. The summed E-state index contributed by atoms with van der Waals surface area (Å²) in [6, 6.07) is 17.5. The summed E-state index contributed by atoms with van der Waals surface area (Å²) in [5.41, 5.74) is 1.65. The average molecular weight is 542 g/mol. The molecule has 3 aromatic rings. The van der Waals surface area contributed by atoms with Gasteiger partial charge in [0.05, 0.1) is 17.7 Å². The number of ether oxygens (including phenoxy) is 1. The maximum Gasteiger partial charge on any atom is 0.264 e. The van der Waals surface area contributed by atoms with E-state index in [2.05, 4.69) is 5.32 Å². The molecule has 8 nitrogen and oxygen atoms in total. The van der Waals surface area contributed by atoms with E-state index in [9.17, 15) is 22.4 Å². The fourth-order valence-electron chi connectivity index (χ4n) is 4.06. The molecule has 0 aliphatic heterocycles. The molecule has 0 saturated carbocycles. The number of amides is 2. The smallest absolute Gasteiger partial charge is 0.264 e. The molecule has 0 radical (unpaired) electrons. The molecule has 1 N–H and O–H groups in total. The predicted molar refractivity (Wildman–Crippen MR) is 144 cm³/mol. The summed E-state index contributed by atoms with van der Waals surface area (Å²) < 4.78 is 47.7. The zero-order chi connectivity index (χ0) is 27.9. The Bertz CT molecular complexity index is 1360. The van der Waals surface area contributed by atoms with E-state index in [0.29, 0.717) is 5.56 Å². The van der Waals surface area contributed by atoms with Crippen LogP contribution >= 0.6 is 0 Å². The van der Waals surface area contributed by atoms with Crippen molar-refractivity contribution in [2.45, 2.75) is 37.8 Å². The summed E-state index contributed by atoms with van der Waals surface area (Å²) >= 11 is 0. The van der Waals surface area contributed by atoms with Gasteiger partial charge in [-0.2, -0.15) is 0 Å². The maximum absolute atomic E-state index is 13.9. The van der Waals surface area contributed by atoms with Gasteiger partial charge in [-0.05, 0) is 55.3 Å². The van der Waals surface area contributed by atoms with Crippen LogP contribution in [-0.4, -0.2) is 51.9 Å². The van der Waals surface area contributed by atoms with Crippen molar-refractivity contribution in [1.29, 1.82) is 0 Å². The number of nitrogens with one attached hydrogen (secondary N) is 1. The third-order valence-electron chi connectivity index (χ3n) is 6.14. The van der Waals surface area contributed by atoms with Crippen LogP contribution in [0.2, 0.25) is 0 Å². The monoisotopic (exact) mass is 541 g/mol. The molecular formula is C28H32FN3O5S. The van der Waals surface area contributed by atoms with Gasteiger partial charge >= 0.3 is 0 Å². The SMILES string of the molecule is CC[C@H](C(=O)NC)N(Cc1ccc(F)cc1)C(=O)CN(c1ccccc1OC)S(=O)(=O)c1ccc(C)cc1. The van der Waals surface area contributed by atoms with Crippen molar-refractivity contribution in [3.8, 4) is 5.75 Å². The maximum atomic E-state index is 13.9. The van der Waals surface area contributed by atoms with E-state index in [1.807, 2.05) is 6.92 Å². The topological polar surface area (TPSA) is 96.0 Å². The number of halogens is 1. The largest absolute Gasteiger partial charge is 0.495 e. The Kier molecular flexibility index (Phi) is 9.46. The van der Waals surface area contributed by atoms with Crippen LogP contribution in [-0.2, 0) is 26.2 Å². The Morgan fingerprint density at radius 1 is 1.00 bits per heavy atom. The first kappa shape index (κ1) is 28.6. The minimum atomic E-state index is -4.21. The lowest BCUT2D eigenvalue weighted by Crippen LogP contribution is -2.51. The second-order valence-electron chi connectivity index (χ2n) is 8.68. The summed E-state index contributed by atoms with van der Waals surface area (Å²) in [7, 11) is -1.33. The standard InChI is InChI=1S/C28H32FN3O5S/c1-5-24(28(34)30-3)31(18-21-12-14-22(29)15-13-21)27(33)19-32(25-8-6-7-9-26(25)37-4)38(35,36)23-16-10-20(2)11-17-23/h6-17,24H,5,18-19H2,1-4H3,(H,30,34)/t24-/m1/s1. The Hall–Kier alpha value is -3.92. The van der Waals surface area contributed by atoms with Crippen molar-refractivity contribution < 1.29 is 27.1 Å². The molecule has 0 aromatic heterocycles. The summed E-state index contributed by atoms with van der Waals surface area (Å²) in [5, 5.41) is 2.57. The Labute approximate surface area is 223 Å². The number of methoxy groups -OCH3 is 1. The highest BCUT2D eigenvalue weighted by molar-refractivity contribution is 7.92. The first-order valence-electron chi connectivity index (χ1n) is 12.1. The van der Waals surface area contributed by atoms with Gasteiger partial charge in [0.1, 0.15) is 24.2 Å². The lowest BCUT2D eigenvalue weighted by Gasteiger charge is -2.33. The van der Waals surface area contributed by atoms with E-state index < -0.39 is 40.2 Å². The fraction of sp³-hybridized carbons (Fsp3) is 0.286. The lowest BCUT2D eigenvalue weighted by atomic mass is 10.1. The minimum absolute atomic E-state index is 0.00485. The van der Waals surface area contributed by atoms with Crippen molar-refractivity contribution in [2.75, 3.05) is 25.0 Å². The number of sulfonamides is 1. The molecule has 3 aromatic carbocycles. The summed E-state index contributed by atoms with van der Waals surface area (Å²) in [6.45, 7) is 2.99. The zero-order valence-corrected chi connectivity index (χ0v) is 22.7. The van der Waals surface area contributed by atoms with Crippen molar-refractivity contribution in [1.82, 2.24) is 10.2 Å². The van der Waals surface area contributed by atoms with Gasteiger partial charge in [-0.15, -0.1) is 0 Å². The quantitative estimate of drug-likeness (QED) is 0.397. The first-order valence-corrected chi connectivity index (χ1v) is 13.5. The number of aryl methyl sites for hydroxylation is 1. The second-order valence-corrected chi connectivity index (χ2v) is 10.5. The van der Waals surface area contributed by atoms with Gasteiger partial charge in [0, 0.05) is 13.6 Å². The van der Waals surface area contributed by atoms with Gasteiger partial charge in [0.15, 0.2) is 0 Å². The molecule has 202 valence electrons. The van der Waals surface area contributed by atoms with Crippen LogP contribution in [0.3, 0.4) is 0 Å². The summed E-state index contributed by atoms with van der Waals surface area (Å²) in [5.74, 6) is -1.17. The zero-order valence-electron chi connectivity index (χ0n) is 21.8. The minimum Gasteiger partial charge on any atom is -0.495 e. The molecule has 2 amide bonds. The Morgan fingerprint density at radius 2 is 1.63 bits per heavy atom. The van der Waals surface area contributed by atoms with Gasteiger partial charge < -0.3 is 15.0 Å². The highest BCUT2D eigenvalue weighted by atomic mass is 32.2. The van der Waals surface area contributed by atoms with E-state index in [0.717, 1.165) is 9.87 Å². The van der Waals surface area contributed by atoms with Gasteiger partial charge in [-0.25, -0.2) is 12.8 Å². The second kappa shape index (κ2) is 12.6. The van der Waals surface area contributed by atoms with E-state index >= 15 is 0 Å². The normalized spacial score (nSPS) is 11.9. The number of benzene rings is 3. The Balaban J connectivity index is 2.09. The Morgan fingerprint density at radius 3 is 2.21 bits per heavy atom. The van der Waals surface area contributed by atoms with E-state index in [1.165, 1.54) is 55.5 Å². The van der Waals surface area contributed by atoms with Crippen molar-refractivity contribution in [3.05, 3.63) is 89.7 Å². The third kappa shape index (κ3) is 6.49. The number of nitrogens with zero attached hydrogens (tertiary/aromatic N) is 2. The van der Waals surface area contributed by atoms with E-state index in [1.54, 1.807) is 43.3 Å². The van der Waals surface area contributed by atoms with Crippen molar-refractivity contribution in [2.24, 2.45) is 0 Å². The molecule has 0 aliphatic carbocycles. The van der Waals surface area contributed by atoms with Crippen LogP contribution < -0.4 is 14.4 Å². The third-order valence-corrected chi connectivity index (χ3v) is 7.91. The average Bonchev–Trinajstić information content (AvgIpc) is 2.92. The lowest BCUT2D eigenvalue weighted by molar-refractivity contribution is -0.140. The number of likely N-dealkylation sites (N-methyl/N-ethyl adjacent to an activating group) is 1. The number of carbonyl (C=O) groups is 2. The van der Waals surface area contributed by atoms with Gasteiger partial charge in [0.2, 0.25) is 11.8 Å². The molecule has 0 aliphatic rings. The number of rotatable bonds is 11. The van der Waals surface area contributed by atoms with Gasteiger partial charge in [-0.3, -0.25) is 13.9 Å². The van der Waals surface area contributed by atoms with Crippen molar-refractivity contribution >= 4 is 27.5 Å². The highest BCUT2D eigenvalue weighted by Crippen LogP contribution is 2.32. The van der Waals surface area contributed by atoms with Crippen LogP contribution in [0, 0.1) is 12.7 Å².